The van der Waals surface area contributed by atoms with Crippen molar-refractivity contribution in [1.82, 2.24) is 15.1 Å². The summed E-state index contributed by atoms with van der Waals surface area (Å²) in [5, 5.41) is 13.0. The smallest absolute Gasteiger partial charge is 0.194 e. The number of likely N-dealkylation sites (tertiary alicyclic amines) is 1. The van der Waals surface area contributed by atoms with E-state index in [0.29, 0.717) is 12.2 Å². The van der Waals surface area contributed by atoms with Gasteiger partial charge in [0.05, 0.1) is 11.8 Å². The maximum atomic E-state index is 13.9. The second-order valence-electron chi connectivity index (χ2n) is 7.26. The van der Waals surface area contributed by atoms with E-state index >= 15 is 0 Å². The van der Waals surface area contributed by atoms with Gasteiger partial charge in [-0.25, -0.2) is 4.39 Å². The third-order valence-electron chi connectivity index (χ3n) is 5.26. The van der Waals surface area contributed by atoms with E-state index in [-0.39, 0.29) is 11.9 Å². The van der Waals surface area contributed by atoms with Crippen molar-refractivity contribution in [2.75, 3.05) is 63.8 Å². The Morgan fingerprint density at radius 3 is 2.67 bits per heavy atom. The number of guanidine groups is 1. The van der Waals surface area contributed by atoms with Crippen LogP contribution in [0.25, 0.3) is 0 Å². The number of para-hydroxylation sites is 1. The molecule has 0 spiro atoms. The number of aliphatic hydroxyl groups is 1. The summed E-state index contributed by atoms with van der Waals surface area (Å²) in [6, 6.07) is 7.02. The quantitative estimate of drug-likeness (QED) is 0.446. The second kappa shape index (κ2) is 9.90. The fourth-order valence-corrected chi connectivity index (χ4v) is 3.76. The molecule has 0 saturated carbocycles. The van der Waals surface area contributed by atoms with E-state index in [4.69, 9.17) is 4.99 Å². The van der Waals surface area contributed by atoms with Crippen molar-refractivity contribution < 1.29 is 9.50 Å². The Morgan fingerprint density at radius 1 is 1.22 bits per heavy atom. The Hall–Kier alpha value is -1.86. The van der Waals surface area contributed by atoms with E-state index in [1.807, 2.05) is 12.1 Å². The average molecular weight is 378 g/mol. The number of halogens is 1. The summed E-state index contributed by atoms with van der Waals surface area (Å²) in [6.45, 7) is 9.86. The minimum absolute atomic E-state index is 0.136. The summed E-state index contributed by atoms with van der Waals surface area (Å²) in [5.74, 6) is 0.779. The molecular formula is C20H32FN5O. The van der Waals surface area contributed by atoms with Gasteiger partial charge in [-0.3, -0.25) is 9.89 Å². The van der Waals surface area contributed by atoms with Crippen molar-refractivity contribution in [2.45, 2.75) is 25.9 Å². The Bertz CT molecular complexity index is 618. The molecule has 2 aliphatic rings. The molecule has 1 aromatic carbocycles. The molecule has 2 saturated heterocycles. The molecule has 0 bridgehead atoms. The number of rotatable bonds is 6. The molecular weight excluding hydrogens is 345 g/mol. The zero-order valence-electron chi connectivity index (χ0n) is 16.3. The SMILES string of the molecule is CCNC(=NCCCN1CCN(c2ccccc2F)CC1)N1CC[C@@H](O)C1. The Labute approximate surface area is 161 Å². The minimum Gasteiger partial charge on any atom is -0.391 e. The molecule has 6 nitrogen and oxygen atoms in total. The van der Waals surface area contributed by atoms with Gasteiger partial charge >= 0.3 is 0 Å². The van der Waals surface area contributed by atoms with Crippen molar-refractivity contribution in [3.05, 3.63) is 30.1 Å². The van der Waals surface area contributed by atoms with Crippen LogP contribution in [0.3, 0.4) is 0 Å². The van der Waals surface area contributed by atoms with Crippen LogP contribution in [0.5, 0.6) is 0 Å². The number of aliphatic imine (C=N–C) groups is 1. The normalized spacial score (nSPS) is 21.7. The van der Waals surface area contributed by atoms with Gasteiger partial charge < -0.3 is 20.2 Å². The maximum Gasteiger partial charge on any atom is 0.194 e. The van der Waals surface area contributed by atoms with E-state index in [1.165, 1.54) is 6.07 Å². The fourth-order valence-electron chi connectivity index (χ4n) is 3.76. The van der Waals surface area contributed by atoms with Gasteiger partial charge in [-0.05, 0) is 31.9 Å². The van der Waals surface area contributed by atoms with E-state index < -0.39 is 0 Å². The third-order valence-corrected chi connectivity index (χ3v) is 5.26. The molecule has 0 radical (unpaired) electrons. The number of nitrogens with zero attached hydrogens (tertiary/aromatic N) is 4. The predicted octanol–water partition coefficient (Wildman–Crippen LogP) is 1.37. The largest absolute Gasteiger partial charge is 0.391 e. The number of hydrogen-bond donors (Lipinski definition) is 2. The van der Waals surface area contributed by atoms with Crippen LogP contribution in [0.1, 0.15) is 19.8 Å². The van der Waals surface area contributed by atoms with Crippen molar-refractivity contribution in [3.63, 3.8) is 0 Å². The summed E-state index contributed by atoms with van der Waals surface area (Å²) >= 11 is 0. The number of β-amino-alcohol motifs (C(OH)–C–C–N with tert-alkyl or cyclic N) is 1. The molecule has 150 valence electrons. The van der Waals surface area contributed by atoms with Crippen LogP contribution in [0.15, 0.2) is 29.3 Å². The highest BCUT2D eigenvalue weighted by atomic mass is 19.1. The Kier molecular flexibility index (Phi) is 7.29. The molecule has 2 aliphatic heterocycles. The molecule has 0 amide bonds. The summed E-state index contributed by atoms with van der Waals surface area (Å²) in [5.41, 5.74) is 0.713. The summed E-state index contributed by atoms with van der Waals surface area (Å²) in [6.07, 6.45) is 1.58. The van der Waals surface area contributed by atoms with Gasteiger partial charge in [-0.1, -0.05) is 12.1 Å². The van der Waals surface area contributed by atoms with Gasteiger partial charge in [-0.2, -0.15) is 0 Å². The Morgan fingerprint density at radius 2 is 2.00 bits per heavy atom. The van der Waals surface area contributed by atoms with Gasteiger partial charge in [0.1, 0.15) is 5.82 Å². The van der Waals surface area contributed by atoms with Gasteiger partial charge in [-0.15, -0.1) is 0 Å². The number of anilines is 1. The first-order valence-electron chi connectivity index (χ1n) is 10.1. The fraction of sp³-hybridized carbons (Fsp3) is 0.650. The maximum absolute atomic E-state index is 13.9. The predicted molar refractivity (Wildman–Crippen MR) is 108 cm³/mol. The topological polar surface area (TPSA) is 54.3 Å². The van der Waals surface area contributed by atoms with Crippen molar-refractivity contribution in [1.29, 1.82) is 0 Å². The van der Waals surface area contributed by atoms with E-state index in [1.54, 1.807) is 6.07 Å². The van der Waals surface area contributed by atoms with Crippen LogP contribution < -0.4 is 10.2 Å². The summed E-state index contributed by atoms with van der Waals surface area (Å²) < 4.78 is 13.9. The minimum atomic E-state index is -0.236. The molecule has 1 atom stereocenters. The summed E-state index contributed by atoms with van der Waals surface area (Å²) in [7, 11) is 0. The van der Waals surface area contributed by atoms with Gasteiger partial charge in [0.2, 0.25) is 0 Å². The third kappa shape index (κ3) is 5.56. The van der Waals surface area contributed by atoms with E-state index in [9.17, 15) is 9.50 Å². The number of hydrogen-bond acceptors (Lipinski definition) is 4. The summed E-state index contributed by atoms with van der Waals surface area (Å²) in [4.78, 5) is 11.4. The van der Waals surface area contributed by atoms with Crippen LogP contribution in [-0.2, 0) is 0 Å². The highest BCUT2D eigenvalue weighted by Gasteiger charge is 2.23. The number of benzene rings is 1. The lowest BCUT2D eigenvalue weighted by atomic mass is 10.2. The van der Waals surface area contributed by atoms with Gasteiger partial charge in [0.15, 0.2) is 5.96 Å². The van der Waals surface area contributed by atoms with Crippen LogP contribution >= 0.6 is 0 Å². The van der Waals surface area contributed by atoms with Crippen molar-refractivity contribution in [3.8, 4) is 0 Å². The molecule has 2 fully saturated rings. The van der Waals surface area contributed by atoms with Crippen LogP contribution in [0, 0.1) is 5.82 Å². The van der Waals surface area contributed by atoms with Crippen LogP contribution in [-0.4, -0.2) is 85.9 Å². The monoisotopic (exact) mass is 377 g/mol. The molecule has 0 aromatic heterocycles. The molecule has 3 rings (SSSR count). The highest BCUT2D eigenvalue weighted by molar-refractivity contribution is 5.80. The Balaban J connectivity index is 1.40. The zero-order chi connectivity index (χ0) is 19.1. The first-order chi connectivity index (χ1) is 13.2. The molecule has 7 heteroatoms. The molecule has 27 heavy (non-hydrogen) atoms. The molecule has 2 N–H and O–H groups in total. The van der Waals surface area contributed by atoms with Gasteiger partial charge in [0.25, 0.3) is 0 Å². The number of aliphatic hydroxyl groups excluding tert-OH is 1. The molecule has 1 aromatic rings. The first kappa shape index (κ1) is 19.9. The van der Waals surface area contributed by atoms with E-state index in [2.05, 4.69) is 26.9 Å². The number of nitrogens with one attached hydrogen (secondary N) is 1. The second-order valence-corrected chi connectivity index (χ2v) is 7.26. The first-order valence-corrected chi connectivity index (χ1v) is 10.1. The average Bonchev–Trinajstić information content (AvgIpc) is 3.11. The zero-order valence-corrected chi connectivity index (χ0v) is 16.3. The lowest BCUT2D eigenvalue weighted by molar-refractivity contribution is 0.187. The highest BCUT2D eigenvalue weighted by Crippen LogP contribution is 2.20. The van der Waals surface area contributed by atoms with Crippen LogP contribution in [0.2, 0.25) is 0 Å². The van der Waals surface area contributed by atoms with Crippen LogP contribution in [0.4, 0.5) is 10.1 Å². The van der Waals surface area contributed by atoms with Crippen molar-refractivity contribution >= 4 is 11.6 Å². The lowest BCUT2D eigenvalue weighted by Crippen LogP contribution is -2.47. The standard InChI is InChI=1S/C20H32FN5O/c1-2-22-20(26-11-8-17(27)16-26)23-9-5-10-24-12-14-25(15-13-24)19-7-4-3-6-18(19)21/h3-4,6-7,17,27H,2,5,8-16H2,1H3,(H,22,23)/t17-/m1/s1. The molecule has 0 unspecified atom stereocenters. The van der Waals surface area contributed by atoms with E-state index in [0.717, 1.165) is 71.2 Å². The number of piperazine rings is 1. The molecule has 2 heterocycles. The molecule has 0 aliphatic carbocycles. The van der Waals surface area contributed by atoms with Gasteiger partial charge in [0, 0.05) is 58.9 Å². The lowest BCUT2D eigenvalue weighted by Gasteiger charge is -2.36. The van der Waals surface area contributed by atoms with Crippen molar-refractivity contribution in [2.24, 2.45) is 4.99 Å².